The number of halogens is 1. The van der Waals surface area contributed by atoms with Gasteiger partial charge in [-0.1, -0.05) is 12.1 Å². The Morgan fingerprint density at radius 1 is 1.16 bits per heavy atom. The van der Waals surface area contributed by atoms with Crippen molar-refractivity contribution in [3.05, 3.63) is 52.5 Å². The van der Waals surface area contributed by atoms with Gasteiger partial charge in [-0.05, 0) is 24.1 Å². The third-order valence-corrected chi connectivity index (χ3v) is 3.91. The molecule has 98 valence electrons. The largest absolute Gasteiger partial charge is 0.325 e. The van der Waals surface area contributed by atoms with Crippen molar-refractivity contribution in [1.82, 2.24) is 14.6 Å². The van der Waals surface area contributed by atoms with Crippen LogP contribution in [0.4, 0.5) is 4.39 Å². The number of aromatic nitrogens is 3. The fourth-order valence-corrected chi connectivity index (χ4v) is 2.91. The summed E-state index contributed by atoms with van der Waals surface area (Å²) in [5, 5.41) is 10.3. The van der Waals surface area contributed by atoms with E-state index in [0.717, 1.165) is 34.9 Å². The maximum atomic E-state index is 12.8. The van der Waals surface area contributed by atoms with Crippen molar-refractivity contribution in [2.24, 2.45) is 5.73 Å². The van der Waals surface area contributed by atoms with Gasteiger partial charge in [0.05, 0.1) is 5.69 Å². The smallest absolute Gasteiger partial charge is 0.216 e. The Morgan fingerprint density at radius 2 is 1.95 bits per heavy atom. The summed E-state index contributed by atoms with van der Waals surface area (Å²) in [7, 11) is 0. The number of benzene rings is 1. The molecule has 0 saturated heterocycles. The minimum Gasteiger partial charge on any atom is -0.325 e. The summed E-state index contributed by atoms with van der Waals surface area (Å²) in [5.74, 6) is 0.692. The molecular weight excluding hydrogens is 263 g/mol. The number of rotatable bonds is 4. The van der Waals surface area contributed by atoms with Gasteiger partial charge < -0.3 is 5.73 Å². The van der Waals surface area contributed by atoms with Gasteiger partial charge in [-0.15, -0.1) is 21.5 Å². The molecule has 0 aliphatic rings. The zero-order chi connectivity index (χ0) is 13.2. The normalized spacial score (nSPS) is 11.3. The first kappa shape index (κ1) is 12.3. The molecule has 0 aliphatic carbocycles. The van der Waals surface area contributed by atoms with Crippen LogP contribution in [0.5, 0.6) is 0 Å². The van der Waals surface area contributed by atoms with Gasteiger partial charge >= 0.3 is 0 Å². The van der Waals surface area contributed by atoms with E-state index >= 15 is 0 Å². The highest BCUT2D eigenvalue weighted by Gasteiger charge is 2.10. The zero-order valence-electron chi connectivity index (χ0n) is 10.2. The van der Waals surface area contributed by atoms with Crippen molar-refractivity contribution in [3.63, 3.8) is 0 Å². The van der Waals surface area contributed by atoms with Crippen LogP contribution in [-0.4, -0.2) is 14.6 Å². The summed E-state index contributed by atoms with van der Waals surface area (Å²) >= 11 is 1.54. The van der Waals surface area contributed by atoms with E-state index in [-0.39, 0.29) is 5.82 Å². The Hall–Kier alpha value is -1.79. The van der Waals surface area contributed by atoms with Gasteiger partial charge in [0.2, 0.25) is 4.96 Å². The first-order valence-electron chi connectivity index (χ1n) is 6.03. The second-order valence-electron chi connectivity index (χ2n) is 4.29. The highest BCUT2D eigenvalue weighted by Crippen LogP contribution is 2.17. The Bertz CT molecular complexity index is 686. The van der Waals surface area contributed by atoms with Crippen LogP contribution >= 0.6 is 11.3 Å². The SMILES string of the molecule is NCc1csc2nnc(CCc3ccc(F)cc3)n12. The number of thiazole rings is 1. The van der Waals surface area contributed by atoms with Crippen LogP contribution in [0.15, 0.2) is 29.6 Å². The summed E-state index contributed by atoms with van der Waals surface area (Å²) in [6, 6.07) is 6.55. The zero-order valence-corrected chi connectivity index (χ0v) is 11.0. The van der Waals surface area contributed by atoms with Gasteiger partial charge in [0.1, 0.15) is 11.6 Å². The topological polar surface area (TPSA) is 56.2 Å². The second-order valence-corrected chi connectivity index (χ2v) is 5.13. The standard InChI is InChI=1S/C13H13FN4S/c14-10-4-1-9(2-5-10)3-6-12-16-17-13-18(12)11(7-15)8-19-13/h1-2,4-5,8H,3,6-7,15H2. The summed E-state index contributed by atoms with van der Waals surface area (Å²) < 4.78 is 14.8. The fraction of sp³-hybridized carbons (Fsp3) is 0.231. The quantitative estimate of drug-likeness (QED) is 0.794. The molecule has 0 bridgehead atoms. The molecule has 0 fully saturated rings. The van der Waals surface area contributed by atoms with E-state index in [1.165, 1.54) is 12.1 Å². The minimum absolute atomic E-state index is 0.211. The monoisotopic (exact) mass is 276 g/mol. The molecular formula is C13H13FN4S. The lowest BCUT2D eigenvalue weighted by molar-refractivity contribution is 0.627. The predicted octanol–water partition coefficient (Wildman–Crippen LogP) is 2.17. The molecule has 0 unspecified atom stereocenters. The Balaban J connectivity index is 1.81. The van der Waals surface area contributed by atoms with E-state index < -0.39 is 0 Å². The third-order valence-electron chi connectivity index (χ3n) is 3.05. The number of nitrogens with zero attached hydrogens (tertiary/aromatic N) is 3. The van der Waals surface area contributed by atoms with E-state index in [1.807, 2.05) is 9.78 Å². The maximum Gasteiger partial charge on any atom is 0.216 e. The molecule has 0 amide bonds. The van der Waals surface area contributed by atoms with Gasteiger partial charge in [-0.25, -0.2) is 4.39 Å². The van der Waals surface area contributed by atoms with E-state index in [4.69, 9.17) is 5.73 Å². The molecule has 2 aromatic heterocycles. The Labute approximate surface area is 113 Å². The van der Waals surface area contributed by atoms with Crippen LogP contribution < -0.4 is 5.73 Å². The van der Waals surface area contributed by atoms with Crippen molar-refractivity contribution in [1.29, 1.82) is 0 Å². The molecule has 3 rings (SSSR count). The van der Waals surface area contributed by atoms with E-state index in [1.54, 1.807) is 23.5 Å². The lowest BCUT2D eigenvalue weighted by Gasteiger charge is -2.01. The first-order valence-corrected chi connectivity index (χ1v) is 6.91. The van der Waals surface area contributed by atoms with E-state index in [9.17, 15) is 4.39 Å². The van der Waals surface area contributed by atoms with Crippen molar-refractivity contribution in [2.75, 3.05) is 0 Å². The number of nitrogens with two attached hydrogens (primary N) is 1. The number of hydrogen-bond acceptors (Lipinski definition) is 4. The van der Waals surface area contributed by atoms with Gasteiger partial charge in [-0.2, -0.15) is 0 Å². The lowest BCUT2D eigenvalue weighted by Crippen LogP contribution is -2.04. The van der Waals surface area contributed by atoms with Crippen LogP contribution in [0, 0.1) is 5.82 Å². The number of aryl methyl sites for hydroxylation is 2. The average Bonchev–Trinajstić information content (AvgIpc) is 3.00. The van der Waals surface area contributed by atoms with Crippen molar-refractivity contribution in [2.45, 2.75) is 19.4 Å². The first-order chi connectivity index (χ1) is 9.28. The third kappa shape index (κ3) is 2.36. The predicted molar refractivity (Wildman–Crippen MR) is 72.6 cm³/mol. The molecule has 2 N–H and O–H groups in total. The lowest BCUT2D eigenvalue weighted by atomic mass is 10.1. The summed E-state index contributed by atoms with van der Waals surface area (Å²) in [4.78, 5) is 0.870. The van der Waals surface area contributed by atoms with E-state index in [2.05, 4.69) is 10.2 Å². The second kappa shape index (κ2) is 5.07. The maximum absolute atomic E-state index is 12.8. The fourth-order valence-electron chi connectivity index (χ4n) is 2.05. The molecule has 3 aromatic rings. The van der Waals surface area contributed by atoms with Crippen molar-refractivity contribution < 1.29 is 4.39 Å². The summed E-state index contributed by atoms with van der Waals surface area (Å²) in [6.07, 6.45) is 1.57. The van der Waals surface area contributed by atoms with Crippen LogP contribution in [0.2, 0.25) is 0 Å². The summed E-state index contributed by atoms with van der Waals surface area (Å²) in [5.41, 5.74) is 7.81. The number of hydrogen-bond donors (Lipinski definition) is 1. The molecule has 6 heteroatoms. The molecule has 0 atom stereocenters. The molecule has 1 aromatic carbocycles. The molecule has 2 heterocycles. The molecule has 4 nitrogen and oxygen atoms in total. The number of fused-ring (bicyclic) bond motifs is 1. The summed E-state index contributed by atoms with van der Waals surface area (Å²) in [6.45, 7) is 0.474. The van der Waals surface area contributed by atoms with Crippen LogP contribution in [0.25, 0.3) is 4.96 Å². The van der Waals surface area contributed by atoms with Crippen LogP contribution in [-0.2, 0) is 19.4 Å². The molecule has 0 radical (unpaired) electrons. The van der Waals surface area contributed by atoms with Gasteiger partial charge in [0, 0.05) is 18.3 Å². The molecule has 0 saturated carbocycles. The van der Waals surface area contributed by atoms with Crippen molar-refractivity contribution >= 4 is 16.3 Å². The highest BCUT2D eigenvalue weighted by molar-refractivity contribution is 7.15. The molecule has 0 aliphatic heterocycles. The van der Waals surface area contributed by atoms with Gasteiger partial charge in [-0.3, -0.25) is 4.40 Å². The Morgan fingerprint density at radius 3 is 2.68 bits per heavy atom. The Kier molecular flexibility index (Phi) is 3.27. The van der Waals surface area contributed by atoms with Gasteiger partial charge in [0.15, 0.2) is 0 Å². The van der Waals surface area contributed by atoms with E-state index in [0.29, 0.717) is 6.54 Å². The van der Waals surface area contributed by atoms with Crippen molar-refractivity contribution in [3.8, 4) is 0 Å². The minimum atomic E-state index is -0.211. The molecule has 0 spiro atoms. The average molecular weight is 276 g/mol. The van der Waals surface area contributed by atoms with Crippen LogP contribution in [0.1, 0.15) is 17.1 Å². The van der Waals surface area contributed by atoms with Gasteiger partial charge in [0.25, 0.3) is 0 Å². The molecule has 19 heavy (non-hydrogen) atoms. The highest BCUT2D eigenvalue weighted by atomic mass is 32.1. The van der Waals surface area contributed by atoms with Crippen LogP contribution in [0.3, 0.4) is 0 Å².